The number of aliphatic carboxylic acids is 2. The highest BCUT2D eigenvalue weighted by Gasteiger charge is 2.08. The van der Waals surface area contributed by atoms with E-state index in [2.05, 4.69) is 6.92 Å². The van der Waals surface area contributed by atoms with Crippen molar-refractivity contribution in [2.75, 3.05) is 0 Å². The van der Waals surface area contributed by atoms with E-state index < -0.39 is 11.9 Å². The van der Waals surface area contributed by atoms with Crippen LogP contribution in [-0.4, -0.2) is 22.2 Å². The third-order valence-corrected chi connectivity index (χ3v) is 2.12. The Morgan fingerprint density at radius 3 is 2.13 bits per heavy atom. The molecule has 0 spiro atoms. The molecule has 0 radical (unpaired) electrons. The topological polar surface area (TPSA) is 74.6 Å². The third kappa shape index (κ3) is 7.73. The molecule has 4 nitrogen and oxygen atoms in total. The van der Waals surface area contributed by atoms with Crippen molar-refractivity contribution in [1.29, 1.82) is 0 Å². The van der Waals surface area contributed by atoms with E-state index >= 15 is 0 Å². The lowest BCUT2D eigenvalue weighted by Crippen LogP contribution is -2.04. The van der Waals surface area contributed by atoms with Crippen LogP contribution in [0.1, 0.15) is 45.4 Å². The number of carbonyl (C=O) groups is 2. The maximum absolute atomic E-state index is 10.6. The summed E-state index contributed by atoms with van der Waals surface area (Å²) in [6.45, 7) is 2.10. The summed E-state index contributed by atoms with van der Waals surface area (Å²) in [4.78, 5) is 20.9. The predicted octanol–water partition coefficient (Wildman–Crippen LogP) is 2.44. The molecule has 86 valence electrons. The predicted molar refractivity (Wildman–Crippen MR) is 56.7 cm³/mol. The summed E-state index contributed by atoms with van der Waals surface area (Å²) in [5, 5.41) is 17.1. The normalized spacial score (nSPS) is 11.4. The van der Waals surface area contributed by atoms with Crippen LogP contribution in [-0.2, 0) is 9.59 Å². The maximum Gasteiger partial charge on any atom is 0.331 e. The smallest absolute Gasteiger partial charge is 0.331 e. The van der Waals surface area contributed by atoms with Crippen LogP contribution in [0.25, 0.3) is 0 Å². The van der Waals surface area contributed by atoms with Gasteiger partial charge in [-0.2, -0.15) is 0 Å². The minimum Gasteiger partial charge on any atom is -0.478 e. The molecule has 15 heavy (non-hydrogen) atoms. The van der Waals surface area contributed by atoms with Crippen LogP contribution in [0.15, 0.2) is 11.6 Å². The summed E-state index contributed by atoms with van der Waals surface area (Å²) in [6.07, 6.45) is 6.18. The summed E-state index contributed by atoms with van der Waals surface area (Å²) in [5.41, 5.74) is -0.0148. The zero-order valence-electron chi connectivity index (χ0n) is 9.03. The largest absolute Gasteiger partial charge is 0.478 e. The van der Waals surface area contributed by atoms with Gasteiger partial charge in [0.25, 0.3) is 0 Å². The van der Waals surface area contributed by atoms with Gasteiger partial charge in [-0.1, -0.05) is 32.6 Å². The van der Waals surface area contributed by atoms with Crippen LogP contribution < -0.4 is 0 Å². The molecule has 0 aromatic carbocycles. The minimum absolute atomic E-state index is 0.0148. The highest BCUT2D eigenvalue weighted by molar-refractivity contribution is 5.94. The Labute approximate surface area is 89.6 Å². The molecule has 0 atom stereocenters. The van der Waals surface area contributed by atoms with Crippen molar-refractivity contribution < 1.29 is 19.8 Å². The van der Waals surface area contributed by atoms with E-state index in [4.69, 9.17) is 10.2 Å². The molecule has 0 rings (SSSR count). The summed E-state index contributed by atoms with van der Waals surface area (Å²) >= 11 is 0. The Morgan fingerprint density at radius 1 is 1.07 bits per heavy atom. The summed E-state index contributed by atoms with van der Waals surface area (Å²) in [5.74, 6) is -2.33. The number of rotatable bonds is 8. The quantitative estimate of drug-likeness (QED) is 0.480. The van der Waals surface area contributed by atoms with Gasteiger partial charge in [0.1, 0.15) is 0 Å². The van der Waals surface area contributed by atoms with E-state index in [0.717, 1.165) is 38.2 Å². The van der Waals surface area contributed by atoms with Crippen molar-refractivity contribution in [2.45, 2.75) is 45.4 Å². The van der Waals surface area contributed by atoms with Gasteiger partial charge in [0.2, 0.25) is 0 Å². The minimum atomic E-state index is -1.19. The van der Waals surface area contributed by atoms with Gasteiger partial charge in [-0.15, -0.1) is 0 Å². The molecule has 0 aromatic heterocycles. The lowest BCUT2D eigenvalue weighted by Gasteiger charge is -2.01. The number of hydrogen-bond acceptors (Lipinski definition) is 2. The van der Waals surface area contributed by atoms with Crippen molar-refractivity contribution in [2.24, 2.45) is 0 Å². The fourth-order valence-electron chi connectivity index (χ4n) is 1.31. The number of unbranched alkanes of at least 4 members (excludes halogenated alkanes) is 4. The molecule has 0 saturated carbocycles. The van der Waals surface area contributed by atoms with Gasteiger partial charge in [0, 0.05) is 11.6 Å². The zero-order chi connectivity index (χ0) is 11.7. The summed E-state index contributed by atoms with van der Waals surface area (Å²) < 4.78 is 0. The lowest BCUT2D eigenvalue weighted by atomic mass is 10.1. The molecule has 0 saturated heterocycles. The van der Waals surface area contributed by atoms with Gasteiger partial charge in [0.15, 0.2) is 0 Å². The first-order valence-corrected chi connectivity index (χ1v) is 5.24. The Bertz CT molecular complexity index is 243. The second kappa shape index (κ2) is 8.03. The van der Waals surface area contributed by atoms with E-state index in [9.17, 15) is 9.59 Å². The van der Waals surface area contributed by atoms with Crippen LogP contribution in [0.5, 0.6) is 0 Å². The van der Waals surface area contributed by atoms with E-state index in [1.54, 1.807) is 0 Å². The Morgan fingerprint density at radius 2 is 1.67 bits per heavy atom. The molecule has 0 aliphatic carbocycles. The van der Waals surface area contributed by atoms with Crippen molar-refractivity contribution in [3.8, 4) is 0 Å². The van der Waals surface area contributed by atoms with Crippen molar-refractivity contribution in [3.63, 3.8) is 0 Å². The number of hydrogen-bond donors (Lipinski definition) is 2. The van der Waals surface area contributed by atoms with Crippen LogP contribution >= 0.6 is 0 Å². The molecule has 0 amide bonds. The first kappa shape index (κ1) is 13.7. The fraction of sp³-hybridized carbons (Fsp3) is 0.636. The van der Waals surface area contributed by atoms with Gasteiger partial charge < -0.3 is 10.2 Å². The highest BCUT2D eigenvalue weighted by atomic mass is 16.4. The molecule has 4 heteroatoms. The molecule has 0 aliphatic heterocycles. The Balaban J connectivity index is 3.88. The Kier molecular flexibility index (Phi) is 7.32. The fourth-order valence-corrected chi connectivity index (χ4v) is 1.31. The first-order chi connectivity index (χ1) is 7.07. The van der Waals surface area contributed by atoms with Crippen LogP contribution in [0.3, 0.4) is 0 Å². The van der Waals surface area contributed by atoms with Gasteiger partial charge in [-0.3, -0.25) is 0 Å². The van der Waals surface area contributed by atoms with E-state index in [1.807, 2.05) is 0 Å². The van der Waals surface area contributed by atoms with Crippen LogP contribution in [0, 0.1) is 0 Å². The first-order valence-electron chi connectivity index (χ1n) is 5.24. The van der Waals surface area contributed by atoms with Crippen molar-refractivity contribution in [3.05, 3.63) is 11.6 Å². The van der Waals surface area contributed by atoms with Crippen LogP contribution in [0.4, 0.5) is 0 Å². The van der Waals surface area contributed by atoms with E-state index in [0.29, 0.717) is 6.42 Å². The Hall–Kier alpha value is -1.32. The van der Waals surface area contributed by atoms with Crippen molar-refractivity contribution >= 4 is 11.9 Å². The van der Waals surface area contributed by atoms with Crippen molar-refractivity contribution in [1.82, 2.24) is 0 Å². The highest BCUT2D eigenvalue weighted by Crippen LogP contribution is 2.11. The zero-order valence-corrected chi connectivity index (χ0v) is 9.03. The molecule has 0 bridgehead atoms. The molecule has 0 fully saturated rings. The van der Waals surface area contributed by atoms with Gasteiger partial charge >= 0.3 is 11.9 Å². The molecular weight excluding hydrogens is 196 g/mol. The molecule has 0 heterocycles. The summed E-state index contributed by atoms with van der Waals surface area (Å²) in [7, 11) is 0. The van der Waals surface area contributed by atoms with E-state index in [-0.39, 0.29) is 5.57 Å². The second-order valence-electron chi connectivity index (χ2n) is 3.48. The molecule has 2 N–H and O–H groups in total. The average molecular weight is 214 g/mol. The number of carboxylic acid groups (broad SMARTS) is 2. The maximum atomic E-state index is 10.6. The molecular formula is C11H18O4. The average Bonchev–Trinajstić information content (AvgIpc) is 2.15. The van der Waals surface area contributed by atoms with Gasteiger partial charge in [-0.25, -0.2) is 9.59 Å². The standard InChI is InChI=1S/C11H18O4/c1-2-3-4-5-6-7-9(11(14)15)8-10(12)13/h8H,2-7H2,1H3,(H,12,13)(H,14,15)/b9-8-. The summed E-state index contributed by atoms with van der Waals surface area (Å²) in [6, 6.07) is 0. The third-order valence-electron chi connectivity index (χ3n) is 2.12. The SMILES string of the molecule is CCCCCCC/C(=C/C(=O)O)C(=O)O. The lowest BCUT2D eigenvalue weighted by molar-refractivity contribution is -0.135. The molecule has 0 unspecified atom stereocenters. The monoisotopic (exact) mass is 214 g/mol. The van der Waals surface area contributed by atoms with Gasteiger partial charge in [-0.05, 0) is 12.8 Å². The van der Waals surface area contributed by atoms with Gasteiger partial charge in [0.05, 0.1) is 0 Å². The van der Waals surface area contributed by atoms with Crippen LogP contribution in [0.2, 0.25) is 0 Å². The second-order valence-corrected chi connectivity index (χ2v) is 3.48. The number of carboxylic acids is 2. The molecule has 0 aliphatic rings. The molecule has 0 aromatic rings. The van der Waals surface area contributed by atoms with E-state index in [1.165, 1.54) is 0 Å².